The molecule has 0 unspecified atom stereocenters. The summed E-state index contributed by atoms with van der Waals surface area (Å²) in [4.78, 5) is 0. The first-order valence-corrected chi connectivity index (χ1v) is 7.48. The van der Waals surface area contributed by atoms with Crippen molar-refractivity contribution in [2.75, 3.05) is 26.6 Å². The number of rotatable bonds is 6. The van der Waals surface area contributed by atoms with Gasteiger partial charge in [-0.3, -0.25) is 0 Å². The Morgan fingerprint density at radius 2 is 1.61 bits per heavy atom. The highest BCUT2D eigenvalue weighted by molar-refractivity contribution is 7.80. The van der Waals surface area contributed by atoms with Crippen molar-refractivity contribution in [2.45, 2.75) is 6.54 Å². The predicted octanol–water partition coefficient (Wildman–Crippen LogP) is 3.20. The molecule has 0 spiro atoms. The van der Waals surface area contributed by atoms with Gasteiger partial charge in [0.05, 0.1) is 21.3 Å². The molecule has 0 heterocycles. The highest BCUT2D eigenvalue weighted by Gasteiger charge is 2.15. The molecule has 0 aliphatic rings. The molecular formula is C17H20N2O3S. The van der Waals surface area contributed by atoms with E-state index in [1.807, 2.05) is 42.5 Å². The Labute approximate surface area is 141 Å². The van der Waals surface area contributed by atoms with E-state index in [-0.39, 0.29) is 0 Å². The van der Waals surface area contributed by atoms with Crippen LogP contribution in [0.25, 0.3) is 0 Å². The van der Waals surface area contributed by atoms with Gasteiger partial charge in [-0.1, -0.05) is 18.2 Å². The Kier molecular flexibility index (Phi) is 6.05. The van der Waals surface area contributed by atoms with Gasteiger partial charge in [-0.05, 0) is 36.5 Å². The Balaban J connectivity index is 2.06. The molecule has 2 rings (SSSR count). The van der Waals surface area contributed by atoms with Crippen LogP contribution >= 0.6 is 12.2 Å². The average molecular weight is 332 g/mol. The molecule has 2 aromatic rings. The number of benzene rings is 2. The highest BCUT2D eigenvalue weighted by Crippen LogP contribution is 2.39. The Morgan fingerprint density at radius 3 is 2.22 bits per heavy atom. The summed E-state index contributed by atoms with van der Waals surface area (Å²) in [6, 6.07) is 13.5. The first kappa shape index (κ1) is 16.9. The molecule has 0 amide bonds. The van der Waals surface area contributed by atoms with Gasteiger partial charge < -0.3 is 24.8 Å². The van der Waals surface area contributed by atoms with Crippen LogP contribution in [0, 0.1) is 0 Å². The maximum atomic E-state index is 5.45. The molecule has 0 aliphatic carbocycles. The van der Waals surface area contributed by atoms with E-state index in [1.54, 1.807) is 21.3 Å². The Hall–Kier alpha value is -2.47. The van der Waals surface area contributed by atoms with Crippen molar-refractivity contribution in [1.29, 1.82) is 0 Å². The van der Waals surface area contributed by atoms with Gasteiger partial charge >= 0.3 is 0 Å². The van der Waals surface area contributed by atoms with E-state index >= 15 is 0 Å². The minimum absolute atomic E-state index is 0.502. The number of ether oxygens (including phenoxy) is 3. The van der Waals surface area contributed by atoms with E-state index in [0.717, 1.165) is 11.3 Å². The van der Waals surface area contributed by atoms with Crippen molar-refractivity contribution in [3.05, 3.63) is 48.0 Å². The van der Waals surface area contributed by atoms with Gasteiger partial charge in [-0.15, -0.1) is 0 Å². The molecule has 0 radical (unpaired) electrons. The lowest BCUT2D eigenvalue weighted by atomic mass is 10.1. The largest absolute Gasteiger partial charge is 0.493 e. The Morgan fingerprint density at radius 1 is 0.913 bits per heavy atom. The average Bonchev–Trinajstić information content (AvgIpc) is 2.59. The lowest BCUT2D eigenvalue weighted by Crippen LogP contribution is -2.28. The normalized spacial score (nSPS) is 9.87. The summed E-state index contributed by atoms with van der Waals surface area (Å²) in [5.74, 6) is 1.82. The molecule has 5 nitrogen and oxygen atoms in total. The van der Waals surface area contributed by atoms with Gasteiger partial charge in [0, 0.05) is 17.8 Å². The Bertz CT molecular complexity index is 662. The third kappa shape index (κ3) is 4.26. The fourth-order valence-corrected chi connectivity index (χ4v) is 2.36. The third-order valence-electron chi connectivity index (χ3n) is 3.26. The number of methoxy groups -OCH3 is 3. The molecule has 2 N–H and O–H groups in total. The second-order valence-electron chi connectivity index (χ2n) is 4.67. The van der Waals surface area contributed by atoms with E-state index in [4.69, 9.17) is 26.4 Å². The fourth-order valence-electron chi connectivity index (χ4n) is 2.17. The summed E-state index contributed by atoms with van der Waals surface area (Å²) in [6.07, 6.45) is 0. The van der Waals surface area contributed by atoms with Gasteiger partial charge in [0.25, 0.3) is 0 Å². The third-order valence-corrected chi connectivity index (χ3v) is 3.50. The summed E-state index contributed by atoms with van der Waals surface area (Å²) in [6.45, 7) is 0.502. The number of hydrogen-bond donors (Lipinski definition) is 2. The van der Waals surface area contributed by atoms with E-state index in [9.17, 15) is 0 Å². The van der Waals surface area contributed by atoms with Crippen molar-refractivity contribution in [2.24, 2.45) is 0 Å². The van der Waals surface area contributed by atoms with Crippen LogP contribution < -0.4 is 24.8 Å². The van der Waals surface area contributed by atoms with Gasteiger partial charge in [-0.25, -0.2) is 0 Å². The number of nitrogens with one attached hydrogen (secondary N) is 2. The second kappa shape index (κ2) is 8.24. The summed E-state index contributed by atoms with van der Waals surface area (Å²) < 4.78 is 16.1. The lowest BCUT2D eigenvalue weighted by molar-refractivity contribution is 0.322. The SMILES string of the molecule is COc1ccc(CNC(=S)Nc2ccccc2)c(OC)c1OC. The summed E-state index contributed by atoms with van der Waals surface area (Å²) in [5.41, 5.74) is 1.85. The van der Waals surface area contributed by atoms with Crippen molar-refractivity contribution in [3.63, 3.8) is 0 Å². The molecule has 0 aromatic heterocycles. The van der Waals surface area contributed by atoms with Crippen LogP contribution in [0.1, 0.15) is 5.56 Å². The first-order valence-electron chi connectivity index (χ1n) is 7.07. The van der Waals surface area contributed by atoms with Crippen molar-refractivity contribution in [3.8, 4) is 17.2 Å². The molecule has 0 atom stereocenters. The number of thiocarbonyl (C=S) groups is 1. The van der Waals surface area contributed by atoms with Crippen LogP contribution in [0.15, 0.2) is 42.5 Å². The minimum atomic E-state index is 0.502. The smallest absolute Gasteiger partial charge is 0.203 e. The van der Waals surface area contributed by atoms with Crippen molar-refractivity contribution in [1.82, 2.24) is 5.32 Å². The van der Waals surface area contributed by atoms with Crippen LogP contribution in [-0.2, 0) is 6.54 Å². The van der Waals surface area contributed by atoms with Crippen molar-refractivity contribution >= 4 is 23.0 Å². The monoisotopic (exact) mass is 332 g/mol. The molecule has 6 heteroatoms. The highest BCUT2D eigenvalue weighted by atomic mass is 32.1. The molecule has 122 valence electrons. The van der Waals surface area contributed by atoms with E-state index in [1.165, 1.54) is 0 Å². The van der Waals surface area contributed by atoms with Gasteiger partial charge in [0.2, 0.25) is 5.75 Å². The van der Waals surface area contributed by atoms with Crippen LogP contribution in [0.2, 0.25) is 0 Å². The first-order chi connectivity index (χ1) is 11.2. The standard InChI is InChI=1S/C17H20N2O3S/c1-20-14-10-9-12(15(21-2)16(14)22-3)11-18-17(23)19-13-7-5-4-6-8-13/h4-10H,11H2,1-3H3,(H2,18,19,23). The van der Waals surface area contributed by atoms with E-state index in [0.29, 0.717) is 28.9 Å². The predicted molar refractivity (Wildman–Crippen MR) is 95.6 cm³/mol. The van der Waals surface area contributed by atoms with Gasteiger partial charge in [0.15, 0.2) is 16.6 Å². The van der Waals surface area contributed by atoms with Crippen LogP contribution in [0.4, 0.5) is 5.69 Å². The molecule has 23 heavy (non-hydrogen) atoms. The van der Waals surface area contributed by atoms with E-state index < -0.39 is 0 Å². The summed E-state index contributed by atoms with van der Waals surface area (Å²) in [7, 11) is 4.77. The molecule has 0 fully saturated rings. The zero-order chi connectivity index (χ0) is 16.7. The number of anilines is 1. The molecule has 0 aliphatic heterocycles. The van der Waals surface area contributed by atoms with E-state index in [2.05, 4.69) is 10.6 Å². The molecule has 0 bridgehead atoms. The topological polar surface area (TPSA) is 51.8 Å². The quantitative estimate of drug-likeness (QED) is 0.792. The maximum Gasteiger partial charge on any atom is 0.203 e. The maximum absolute atomic E-state index is 5.45. The van der Waals surface area contributed by atoms with Crippen LogP contribution in [0.3, 0.4) is 0 Å². The summed E-state index contributed by atoms with van der Waals surface area (Å²) in [5, 5.41) is 6.81. The number of hydrogen-bond acceptors (Lipinski definition) is 4. The van der Waals surface area contributed by atoms with Crippen LogP contribution in [0.5, 0.6) is 17.2 Å². The van der Waals surface area contributed by atoms with Crippen molar-refractivity contribution < 1.29 is 14.2 Å². The molecule has 0 saturated carbocycles. The second-order valence-corrected chi connectivity index (χ2v) is 5.08. The fraction of sp³-hybridized carbons (Fsp3) is 0.235. The zero-order valence-corrected chi connectivity index (χ0v) is 14.2. The molecule has 0 saturated heterocycles. The van der Waals surface area contributed by atoms with Crippen LogP contribution in [-0.4, -0.2) is 26.4 Å². The van der Waals surface area contributed by atoms with Gasteiger partial charge in [0.1, 0.15) is 0 Å². The molecular weight excluding hydrogens is 312 g/mol. The zero-order valence-electron chi connectivity index (χ0n) is 13.4. The summed E-state index contributed by atoms with van der Waals surface area (Å²) >= 11 is 5.31. The molecule has 2 aromatic carbocycles. The lowest BCUT2D eigenvalue weighted by Gasteiger charge is -2.17. The van der Waals surface area contributed by atoms with Gasteiger partial charge in [-0.2, -0.15) is 0 Å². The number of para-hydroxylation sites is 1. The minimum Gasteiger partial charge on any atom is -0.493 e.